The number of carbonyl (C=O) groups is 1. The van der Waals surface area contributed by atoms with Gasteiger partial charge in [-0.1, -0.05) is 12.1 Å². The molecule has 1 heterocycles. The van der Waals surface area contributed by atoms with Crippen molar-refractivity contribution in [2.45, 2.75) is 23.8 Å². The molecule has 1 amide bonds. The summed E-state index contributed by atoms with van der Waals surface area (Å²) in [5.41, 5.74) is 1.35. The molecule has 1 atom stereocenters. The third-order valence-electron chi connectivity index (χ3n) is 4.65. The summed E-state index contributed by atoms with van der Waals surface area (Å²) >= 11 is 0. The Kier molecular flexibility index (Phi) is 5.11. The third-order valence-corrected chi connectivity index (χ3v) is 6.48. The molecule has 0 spiro atoms. The molecule has 0 bridgehead atoms. The Balaban J connectivity index is 1.83. The summed E-state index contributed by atoms with van der Waals surface area (Å²) in [6, 6.07) is 12.1. The van der Waals surface area contributed by atoms with E-state index in [9.17, 15) is 17.6 Å². The largest absolute Gasteiger partial charge is 0.332 e. The molecule has 1 saturated heterocycles. The minimum absolute atomic E-state index is 0.0896. The Morgan fingerprint density at radius 2 is 1.69 bits per heavy atom. The number of amides is 1. The van der Waals surface area contributed by atoms with Crippen LogP contribution in [0, 0.1) is 5.82 Å². The van der Waals surface area contributed by atoms with Crippen LogP contribution < -0.4 is 0 Å². The van der Waals surface area contributed by atoms with Gasteiger partial charge in [0.25, 0.3) is 5.91 Å². The second-order valence-corrected chi connectivity index (χ2v) is 8.67. The van der Waals surface area contributed by atoms with E-state index in [0.717, 1.165) is 22.7 Å². The van der Waals surface area contributed by atoms with E-state index in [1.807, 2.05) is 0 Å². The highest BCUT2D eigenvalue weighted by Gasteiger charge is 2.30. The van der Waals surface area contributed by atoms with Gasteiger partial charge in [0.15, 0.2) is 0 Å². The highest BCUT2D eigenvalue weighted by molar-refractivity contribution is 7.89. The number of rotatable bonds is 4. The summed E-state index contributed by atoms with van der Waals surface area (Å²) in [5, 5.41) is 0. The zero-order valence-corrected chi connectivity index (χ0v) is 15.5. The van der Waals surface area contributed by atoms with Crippen molar-refractivity contribution in [1.82, 2.24) is 9.21 Å². The van der Waals surface area contributed by atoms with Gasteiger partial charge in [-0.05, 0) is 54.8 Å². The number of benzene rings is 2. The quantitative estimate of drug-likeness (QED) is 0.824. The Morgan fingerprint density at radius 3 is 2.27 bits per heavy atom. The SMILES string of the molecule is CN(C)S(=O)(=O)c1ccc(C(=O)N2CCCC2c2ccc(F)cc2)cc1. The van der Waals surface area contributed by atoms with Gasteiger partial charge in [-0.3, -0.25) is 4.79 Å². The summed E-state index contributed by atoms with van der Waals surface area (Å²) < 4.78 is 38.6. The van der Waals surface area contributed by atoms with E-state index < -0.39 is 10.0 Å². The van der Waals surface area contributed by atoms with Crippen molar-refractivity contribution in [3.8, 4) is 0 Å². The van der Waals surface area contributed by atoms with E-state index >= 15 is 0 Å². The maximum absolute atomic E-state index is 13.2. The fraction of sp³-hybridized carbons (Fsp3) is 0.316. The molecule has 1 aliphatic heterocycles. The molecule has 2 aromatic carbocycles. The molecule has 1 unspecified atom stereocenters. The van der Waals surface area contributed by atoms with E-state index in [1.165, 1.54) is 38.4 Å². The van der Waals surface area contributed by atoms with Gasteiger partial charge in [0, 0.05) is 26.2 Å². The lowest BCUT2D eigenvalue weighted by molar-refractivity contribution is 0.0735. The lowest BCUT2D eigenvalue weighted by Crippen LogP contribution is -2.30. The van der Waals surface area contributed by atoms with Crippen LogP contribution >= 0.6 is 0 Å². The molecule has 0 aliphatic carbocycles. The molecule has 5 nitrogen and oxygen atoms in total. The first kappa shape index (κ1) is 18.5. The van der Waals surface area contributed by atoms with Gasteiger partial charge in [0.2, 0.25) is 10.0 Å². The molecule has 0 aromatic heterocycles. The molecule has 0 saturated carbocycles. The summed E-state index contributed by atoms with van der Waals surface area (Å²) in [4.78, 5) is 14.8. The van der Waals surface area contributed by atoms with Gasteiger partial charge >= 0.3 is 0 Å². The average Bonchev–Trinajstić information content (AvgIpc) is 3.11. The van der Waals surface area contributed by atoms with Crippen molar-refractivity contribution in [2.75, 3.05) is 20.6 Å². The topological polar surface area (TPSA) is 57.7 Å². The monoisotopic (exact) mass is 376 g/mol. The van der Waals surface area contributed by atoms with Crippen LogP contribution in [0.5, 0.6) is 0 Å². The number of likely N-dealkylation sites (tertiary alicyclic amines) is 1. The lowest BCUT2D eigenvalue weighted by atomic mass is 10.0. The van der Waals surface area contributed by atoms with Crippen molar-refractivity contribution < 1.29 is 17.6 Å². The average molecular weight is 376 g/mol. The van der Waals surface area contributed by atoms with Crippen LogP contribution in [0.4, 0.5) is 4.39 Å². The molecule has 0 radical (unpaired) electrons. The first-order valence-corrected chi connectivity index (χ1v) is 9.84. The Labute approximate surface area is 153 Å². The molecule has 2 aromatic rings. The summed E-state index contributed by atoms with van der Waals surface area (Å²) in [6.45, 7) is 0.624. The van der Waals surface area contributed by atoms with Gasteiger partial charge in [0.1, 0.15) is 5.82 Å². The third kappa shape index (κ3) is 3.50. The molecule has 1 fully saturated rings. The second-order valence-electron chi connectivity index (χ2n) is 6.52. The number of nitrogens with zero attached hydrogens (tertiary/aromatic N) is 2. The van der Waals surface area contributed by atoms with Crippen LogP contribution in [-0.4, -0.2) is 44.2 Å². The number of halogens is 1. The Morgan fingerprint density at radius 1 is 1.08 bits per heavy atom. The number of sulfonamides is 1. The van der Waals surface area contributed by atoms with Crippen LogP contribution in [0.2, 0.25) is 0 Å². The zero-order chi connectivity index (χ0) is 18.9. The Hall–Kier alpha value is -2.25. The highest BCUT2D eigenvalue weighted by atomic mass is 32.2. The minimum Gasteiger partial charge on any atom is -0.332 e. The van der Waals surface area contributed by atoms with Gasteiger partial charge in [-0.25, -0.2) is 17.1 Å². The van der Waals surface area contributed by atoms with E-state index in [2.05, 4.69) is 0 Å². The standard InChI is InChI=1S/C19H21FN2O3S/c1-21(2)26(24,25)17-11-7-15(8-12-17)19(23)22-13-3-4-18(22)14-5-9-16(20)10-6-14/h5-12,18H,3-4,13H2,1-2H3. The smallest absolute Gasteiger partial charge is 0.254 e. The maximum Gasteiger partial charge on any atom is 0.254 e. The molecular formula is C19H21FN2O3S. The molecule has 138 valence electrons. The minimum atomic E-state index is -3.52. The van der Waals surface area contributed by atoms with Crippen LogP contribution in [0.1, 0.15) is 34.8 Å². The van der Waals surface area contributed by atoms with Gasteiger partial charge in [-0.15, -0.1) is 0 Å². The van der Waals surface area contributed by atoms with Crippen molar-refractivity contribution >= 4 is 15.9 Å². The van der Waals surface area contributed by atoms with Crippen molar-refractivity contribution in [3.63, 3.8) is 0 Å². The first-order chi connectivity index (χ1) is 12.3. The van der Waals surface area contributed by atoms with Crippen molar-refractivity contribution in [2.24, 2.45) is 0 Å². The predicted octanol–water partition coefficient (Wildman–Crippen LogP) is 3.05. The van der Waals surface area contributed by atoms with E-state index in [1.54, 1.807) is 29.2 Å². The van der Waals surface area contributed by atoms with E-state index in [0.29, 0.717) is 12.1 Å². The van der Waals surface area contributed by atoms with Gasteiger partial charge in [-0.2, -0.15) is 0 Å². The van der Waals surface area contributed by atoms with Crippen molar-refractivity contribution in [1.29, 1.82) is 0 Å². The van der Waals surface area contributed by atoms with Crippen LogP contribution in [-0.2, 0) is 10.0 Å². The van der Waals surface area contributed by atoms with E-state index in [4.69, 9.17) is 0 Å². The highest BCUT2D eigenvalue weighted by Crippen LogP contribution is 2.33. The number of hydrogen-bond acceptors (Lipinski definition) is 3. The normalized spacial score (nSPS) is 17.7. The maximum atomic E-state index is 13.2. The molecule has 3 rings (SSSR count). The van der Waals surface area contributed by atoms with Gasteiger partial charge in [0.05, 0.1) is 10.9 Å². The zero-order valence-electron chi connectivity index (χ0n) is 14.7. The number of carbonyl (C=O) groups excluding carboxylic acids is 1. The van der Waals surface area contributed by atoms with Gasteiger partial charge < -0.3 is 4.90 Å². The molecule has 26 heavy (non-hydrogen) atoms. The van der Waals surface area contributed by atoms with E-state index in [-0.39, 0.29) is 22.7 Å². The summed E-state index contributed by atoms with van der Waals surface area (Å²) in [7, 11) is -0.595. The van der Waals surface area contributed by atoms with Crippen molar-refractivity contribution in [3.05, 3.63) is 65.5 Å². The summed E-state index contributed by atoms with van der Waals surface area (Å²) in [5.74, 6) is -0.451. The Bertz CT molecular complexity index is 893. The van der Waals surface area contributed by atoms with Crippen LogP contribution in [0.3, 0.4) is 0 Å². The summed E-state index contributed by atoms with van der Waals surface area (Å²) in [6.07, 6.45) is 1.70. The lowest BCUT2D eigenvalue weighted by Gasteiger charge is -2.25. The van der Waals surface area contributed by atoms with Crippen LogP contribution in [0.25, 0.3) is 0 Å². The predicted molar refractivity (Wildman–Crippen MR) is 96.7 cm³/mol. The molecular weight excluding hydrogens is 355 g/mol. The second kappa shape index (κ2) is 7.17. The first-order valence-electron chi connectivity index (χ1n) is 8.40. The fourth-order valence-corrected chi connectivity index (χ4v) is 4.09. The molecule has 0 N–H and O–H groups in total. The van der Waals surface area contributed by atoms with Crippen LogP contribution in [0.15, 0.2) is 53.4 Å². The molecule has 7 heteroatoms. The number of hydrogen-bond donors (Lipinski definition) is 0. The fourth-order valence-electron chi connectivity index (χ4n) is 3.19. The molecule has 1 aliphatic rings.